The topological polar surface area (TPSA) is 27.1 Å². The summed E-state index contributed by atoms with van der Waals surface area (Å²) in [5.74, 6) is 0.252. The number of hydrogen-bond acceptors (Lipinski definition) is 2. The lowest BCUT2D eigenvalue weighted by Crippen LogP contribution is -2.06. The van der Waals surface area contributed by atoms with E-state index >= 15 is 0 Å². The Kier molecular flexibility index (Phi) is 4.65. The Morgan fingerprint density at radius 1 is 1.20 bits per heavy atom. The van der Waals surface area contributed by atoms with Crippen molar-refractivity contribution >= 4 is 0 Å². The summed E-state index contributed by atoms with van der Waals surface area (Å²) < 4.78 is 44.8. The molecule has 0 aliphatic rings. The first-order chi connectivity index (χ1) is 9.55. The average Bonchev–Trinajstić information content (AvgIpc) is 2.91. The van der Waals surface area contributed by atoms with E-state index in [0.29, 0.717) is 6.61 Å². The van der Waals surface area contributed by atoms with Gasteiger partial charge in [0.1, 0.15) is 5.75 Å². The Morgan fingerprint density at radius 2 is 2.05 bits per heavy atom. The number of unbranched alkanes of at least 4 members (excludes halogenated alkanes) is 1. The van der Waals surface area contributed by atoms with Crippen LogP contribution in [0.1, 0.15) is 18.4 Å². The number of aryl methyl sites for hydroxylation is 1. The van der Waals surface area contributed by atoms with Crippen molar-refractivity contribution < 1.29 is 17.9 Å². The van der Waals surface area contributed by atoms with Crippen LogP contribution in [0.3, 0.4) is 0 Å². The molecule has 1 aromatic carbocycles. The second-order valence-corrected chi connectivity index (χ2v) is 4.38. The molecule has 0 fully saturated rings. The minimum atomic E-state index is -4.33. The Hall–Kier alpha value is -1.98. The summed E-state index contributed by atoms with van der Waals surface area (Å²) in [6.45, 7) is 1.22. The van der Waals surface area contributed by atoms with Gasteiger partial charge in [-0.2, -0.15) is 13.2 Å². The van der Waals surface area contributed by atoms with Crippen molar-refractivity contribution in [1.29, 1.82) is 0 Å². The molecular weight excluding hydrogens is 269 g/mol. The summed E-state index contributed by atoms with van der Waals surface area (Å²) in [5.41, 5.74) is -0.687. The van der Waals surface area contributed by atoms with Crippen LogP contribution in [0.15, 0.2) is 43.0 Å². The normalized spacial score (nSPS) is 11.6. The molecule has 0 saturated heterocycles. The van der Waals surface area contributed by atoms with E-state index in [4.69, 9.17) is 4.74 Å². The van der Waals surface area contributed by atoms with E-state index in [1.807, 2.05) is 10.8 Å². The number of rotatable bonds is 6. The minimum absolute atomic E-state index is 0.252. The first kappa shape index (κ1) is 14.4. The second-order valence-electron chi connectivity index (χ2n) is 4.38. The van der Waals surface area contributed by atoms with E-state index in [1.54, 1.807) is 12.5 Å². The highest BCUT2D eigenvalue weighted by Gasteiger charge is 2.30. The molecule has 0 atom stereocenters. The number of benzene rings is 1. The number of nitrogens with zero attached hydrogens (tertiary/aromatic N) is 2. The van der Waals surface area contributed by atoms with Gasteiger partial charge in [-0.05, 0) is 31.0 Å². The molecule has 0 aliphatic heterocycles. The number of imidazole rings is 1. The lowest BCUT2D eigenvalue weighted by molar-refractivity contribution is -0.137. The smallest absolute Gasteiger partial charge is 0.416 e. The van der Waals surface area contributed by atoms with Gasteiger partial charge in [0, 0.05) is 18.9 Å². The van der Waals surface area contributed by atoms with Crippen LogP contribution >= 0.6 is 0 Å². The SMILES string of the molecule is FC(F)(F)c1cccc(OCCCCn2ccnc2)c1. The van der Waals surface area contributed by atoms with Gasteiger partial charge in [-0.25, -0.2) is 4.98 Å². The fourth-order valence-corrected chi connectivity index (χ4v) is 1.77. The highest BCUT2D eigenvalue weighted by atomic mass is 19.4. The molecule has 0 radical (unpaired) electrons. The van der Waals surface area contributed by atoms with Crippen molar-refractivity contribution in [2.24, 2.45) is 0 Å². The van der Waals surface area contributed by atoms with Crippen LogP contribution in [0.5, 0.6) is 5.75 Å². The molecule has 3 nitrogen and oxygen atoms in total. The van der Waals surface area contributed by atoms with Gasteiger partial charge in [0.2, 0.25) is 0 Å². The molecule has 1 aromatic heterocycles. The predicted octanol–water partition coefficient (Wildman–Crippen LogP) is 3.76. The van der Waals surface area contributed by atoms with Crippen molar-refractivity contribution in [1.82, 2.24) is 9.55 Å². The monoisotopic (exact) mass is 284 g/mol. The summed E-state index contributed by atoms with van der Waals surface area (Å²) >= 11 is 0. The first-order valence-electron chi connectivity index (χ1n) is 6.31. The van der Waals surface area contributed by atoms with E-state index in [0.717, 1.165) is 31.5 Å². The fourth-order valence-electron chi connectivity index (χ4n) is 1.77. The lowest BCUT2D eigenvalue weighted by Gasteiger charge is -2.10. The lowest BCUT2D eigenvalue weighted by atomic mass is 10.2. The highest BCUT2D eigenvalue weighted by molar-refractivity contribution is 5.30. The van der Waals surface area contributed by atoms with Gasteiger partial charge in [-0.1, -0.05) is 6.07 Å². The van der Waals surface area contributed by atoms with Crippen molar-refractivity contribution in [2.75, 3.05) is 6.61 Å². The maximum Gasteiger partial charge on any atom is 0.416 e. The highest BCUT2D eigenvalue weighted by Crippen LogP contribution is 2.31. The molecule has 0 aliphatic carbocycles. The number of ether oxygens (including phenoxy) is 1. The van der Waals surface area contributed by atoms with E-state index in [1.165, 1.54) is 12.1 Å². The number of aromatic nitrogens is 2. The van der Waals surface area contributed by atoms with E-state index in [2.05, 4.69) is 4.98 Å². The van der Waals surface area contributed by atoms with Crippen LogP contribution in [0.25, 0.3) is 0 Å². The van der Waals surface area contributed by atoms with Crippen LogP contribution in [0, 0.1) is 0 Å². The van der Waals surface area contributed by atoms with Gasteiger partial charge in [0.15, 0.2) is 0 Å². The Morgan fingerprint density at radius 3 is 2.75 bits per heavy atom. The summed E-state index contributed by atoms with van der Waals surface area (Å²) in [5, 5.41) is 0. The van der Waals surface area contributed by atoms with E-state index in [9.17, 15) is 13.2 Å². The Balaban J connectivity index is 1.74. The zero-order valence-corrected chi connectivity index (χ0v) is 10.8. The predicted molar refractivity (Wildman–Crippen MR) is 68.4 cm³/mol. The molecule has 6 heteroatoms. The Labute approximate surface area is 115 Å². The van der Waals surface area contributed by atoms with Gasteiger partial charge in [0.05, 0.1) is 18.5 Å². The van der Waals surface area contributed by atoms with Crippen LogP contribution in [0.2, 0.25) is 0 Å². The molecule has 0 N–H and O–H groups in total. The standard InChI is InChI=1S/C14H15F3N2O/c15-14(16,17)12-4-3-5-13(10-12)20-9-2-1-7-19-8-6-18-11-19/h3-6,8,10-11H,1-2,7,9H2. The number of hydrogen-bond donors (Lipinski definition) is 0. The zero-order chi connectivity index (χ0) is 14.4. The van der Waals surface area contributed by atoms with Crippen LogP contribution in [-0.4, -0.2) is 16.2 Å². The van der Waals surface area contributed by atoms with Gasteiger partial charge in [-0.15, -0.1) is 0 Å². The van der Waals surface area contributed by atoms with Crippen LogP contribution in [0.4, 0.5) is 13.2 Å². The molecule has 0 saturated carbocycles. The van der Waals surface area contributed by atoms with Gasteiger partial charge >= 0.3 is 6.18 Å². The third-order valence-corrected chi connectivity index (χ3v) is 2.80. The van der Waals surface area contributed by atoms with Gasteiger partial charge < -0.3 is 9.30 Å². The summed E-state index contributed by atoms with van der Waals surface area (Å²) in [4.78, 5) is 3.93. The molecule has 2 aromatic rings. The molecule has 0 bridgehead atoms. The third-order valence-electron chi connectivity index (χ3n) is 2.80. The summed E-state index contributed by atoms with van der Waals surface area (Å²) in [7, 11) is 0. The number of halogens is 3. The first-order valence-corrected chi connectivity index (χ1v) is 6.31. The van der Waals surface area contributed by atoms with Gasteiger partial charge in [0.25, 0.3) is 0 Å². The third kappa shape index (κ3) is 4.29. The molecule has 108 valence electrons. The van der Waals surface area contributed by atoms with Crippen molar-refractivity contribution in [2.45, 2.75) is 25.6 Å². The molecular formula is C14H15F3N2O. The maximum atomic E-state index is 12.5. The number of alkyl halides is 3. The van der Waals surface area contributed by atoms with E-state index in [-0.39, 0.29) is 5.75 Å². The fraction of sp³-hybridized carbons (Fsp3) is 0.357. The summed E-state index contributed by atoms with van der Waals surface area (Å²) in [6, 6.07) is 4.94. The molecule has 1 heterocycles. The van der Waals surface area contributed by atoms with Crippen molar-refractivity contribution in [3.63, 3.8) is 0 Å². The average molecular weight is 284 g/mol. The maximum absolute atomic E-state index is 12.5. The van der Waals surface area contributed by atoms with E-state index < -0.39 is 11.7 Å². The Bertz CT molecular complexity index is 523. The van der Waals surface area contributed by atoms with Crippen molar-refractivity contribution in [3.8, 4) is 5.75 Å². The van der Waals surface area contributed by atoms with Crippen molar-refractivity contribution in [3.05, 3.63) is 48.5 Å². The quantitative estimate of drug-likeness (QED) is 0.755. The van der Waals surface area contributed by atoms with Crippen LogP contribution < -0.4 is 4.74 Å². The van der Waals surface area contributed by atoms with Gasteiger partial charge in [-0.3, -0.25) is 0 Å². The molecule has 0 spiro atoms. The molecule has 20 heavy (non-hydrogen) atoms. The summed E-state index contributed by atoms with van der Waals surface area (Å²) in [6.07, 6.45) is 2.63. The zero-order valence-electron chi connectivity index (χ0n) is 10.8. The molecule has 0 amide bonds. The molecule has 0 unspecified atom stereocenters. The minimum Gasteiger partial charge on any atom is -0.494 e. The van der Waals surface area contributed by atoms with Crippen LogP contribution in [-0.2, 0) is 12.7 Å². The second kappa shape index (κ2) is 6.45. The molecule has 2 rings (SSSR count). The largest absolute Gasteiger partial charge is 0.494 e.